The van der Waals surface area contributed by atoms with E-state index in [9.17, 15) is 63.7 Å². The van der Waals surface area contributed by atoms with Gasteiger partial charge >= 0.3 is 11.9 Å². The molecule has 0 bridgehead atoms. The maximum atomic E-state index is 14.4. The second-order valence-corrected chi connectivity index (χ2v) is 9.68. The van der Waals surface area contributed by atoms with Crippen LogP contribution < -0.4 is 0 Å². The lowest BCUT2D eigenvalue weighted by atomic mass is 10.1. The maximum Gasteiger partial charge on any atom is 0.323 e. The summed E-state index contributed by atoms with van der Waals surface area (Å²) >= 11 is 0. The highest BCUT2D eigenvalue weighted by Gasteiger charge is 2.29. The van der Waals surface area contributed by atoms with Crippen LogP contribution in [0.4, 0.5) is 43.9 Å². The van der Waals surface area contributed by atoms with E-state index in [4.69, 9.17) is 0 Å². The predicted octanol–water partition coefficient (Wildman–Crippen LogP) is 3.64. The smallest absolute Gasteiger partial charge is 0.323 e. The van der Waals surface area contributed by atoms with E-state index in [1.807, 2.05) is 0 Å². The van der Waals surface area contributed by atoms with Gasteiger partial charge in [-0.15, -0.1) is 0 Å². The Kier molecular flexibility index (Phi) is 11.4. The average molecular weight is 646 g/mol. The van der Waals surface area contributed by atoms with E-state index in [1.165, 1.54) is 9.80 Å². The molecule has 18 heteroatoms. The van der Waals surface area contributed by atoms with Crippen LogP contribution in [0.5, 0.6) is 0 Å². The number of aliphatic carboxylic acids is 2. The molecule has 1 aliphatic heterocycles. The fourth-order valence-electron chi connectivity index (χ4n) is 4.33. The second-order valence-electron chi connectivity index (χ2n) is 9.68. The fraction of sp³-hybridized carbons (Fsp3) is 0.385. The Balaban J connectivity index is 1.97. The highest BCUT2D eigenvalue weighted by Crippen LogP contribution is 2.26. The van der Waals surface area contributed by atoms with E-state index < -0.39 is 107 Å². The van der Waals surface area contributed by atoms with Crippen molar-refractivity contribution in [1.82, 2.24) is 19.6 Å². The molecule has 1 heterocycles. The number of benzene rings is 2. The molecular weight excluding hydrogens is 622 g/mol. The third kappa shape index (κ3) is 8.10. The van der Waals surface area contributed by atoms with Gasteiger partial charge in [-0.05, 0) is 0 Å². The number of hydrogen-bond acceptors (Lipinski definition) is 6. The molecule has 0 saturated heterocycles. The Morgan fingerprint density at radius 2 is 0.818 bits per heavy atom. The number of halogens is 10. The van der Waals surface area contributed by atoms with Gasteiger partial charge in [0.05, 0.1) is 6.54 Å². The predicted molar refractivity (Wildman–Crippen MR) is 131 cm³/mol. The first-order valence-electron chi connectivity index (χ1n) is 12.7. The van der Waals surface area contributed by atoms with Gasteiger partial charge in [0.15, 0.2) is 46.5 Å². The molecule has 2 aromatic carbocycles. The van der Waals surface area contributed by atoms with Crippen LogP contribution in [-0.2, 0) is 22.7 Å². The molecule has 0 aliphatic carbocycles. The zero-order valence-electron chi connectivity index (χ0n) is 22.5. The Morgan fingerprint density at radius 1 is 0.477 bits per heavy atom. The lowest BCUT2D eigenvalue weighted by molar-refractivity contribution is -0.139. The van der Waals surface area contributed by atoms with Crippen molar-refractivity contribution >= 4 is 11.9 Å². The summed E-state index contributed by atoms with van der Waals surface area (Å²) in [7, 11) is 0. The van der Waals surface area contributed by atoms with Crippen molar-refractivity contribution in [1.29, 1.82) is 0 Å². The van der Waals surface area contributed by atoms with Gasteiger partial charge < -0.3 is 20.0 Å². The normalized spacial score (nSPS) is 16.5. The Hall–Kier alpha value is -4.06. The highest BCUT2D eigenvalue weighted by molar-refractivity contribution is 5.69. The van der Waals surface area contributed by atoms with Crippen molar-refractivity contribution in [2.75, 3.05) is 52.4 Å². The molecular formula is C26H24F10N4O4. The Labute approximate surface area is 243 Å². The van der Waals surface area contributed by atoms with Crippen molar-refractivity contribution in [2.45, 2.75) is 13.1 Å². The van der Waals surface area contributed by atoms with Crippen LogP contribution in [0.1, 0.15) is 11.1 Å². The summed E-state index contributed by atoms with van der Waals surface area (Å²) in [5.41, 5.74) is -2.38. The molecule has 0 atom stereocenters. The highest BCUT2D eigenvalue weighted by atomic mass is 19.2. The zero-order valence-corrected chi connectivity index (χ0v) is 22.5. The molecule has 0 amide bonds. The quantitative estimate of drug-likeness (QED) is 0.256. The largest absolute Gasteiger partial charge is 0.480 e. The van der Waals surface area contributed by atoms with Crippen LogP contribution in [0.2, 0.25) is 0 Å². The van der Waals surface area contributed by atoms with Crippen LogP contribution in [-0.4, -0.2) is 94.1 Å². The van der Waals surface area contributed by atoms with E-state index >= 15 is 0 Å². The topological polar surface area (TPSA) is 87.6 Å². The van der Waals surface area contributed by atoms with Gasteiger partial charge in [-0.25, -0.2) is 43.9 Å². The van der Waals surface area contributed by atoms with Crippen molar-refractivity contribution in [3.05, 3.63) is 81.7 Å². The number of carboxylic acids is 2. The van der Waals surface area contributed by atoms with Gasteiger partial charge in [-0.3, -0.25) is 19.4 Å². The van der Waals surface area contributed by atoms with E-state index in [1.54, 1.807) is 0 Å². The molecule has 0 fully saturated rings. The molecule has 0 radical (unpaired) electrons. The van der Waals surface area contributed by atoms with Crippen molar-refractivity contribution < 1.29 is 63.7 Å². The van der Waals surface area contributed by atoms with Crippen molar-refractivity contribution in [3.8, 4) is 0 Å². The van der Waals surface area contributed by atoms with Gasteiger partial charge in [0.1, 0.15) is 6.54 Å². The van der Waals surface area contributed by atoms with E-state index in [-0.39, 0.29) is 39.3 Å². The minimum absolute atomic E-state index is 0.208. The van der Waals surface area contributed by atoms with Crippen LogP contribution >= 0.6 is 0 Å². The van der Waals surface area contributed by atoms with Gasteiger partial charge in [-0.2, -0.15) is 0 Å². The molecule has 242 valence electrons. The minimum atomic E-state index is -2.37. The molecule has 0 aromatic heterocycles. The average Bonchev–Trinajstić information content (AvgIpc) is 2.97. The van der Waals surface area contributed by atoms with Gasteiger partial charge in [0, 0.05) is 75.9 Å². The lowest BCUT2D eigenvalue weighted by Crippen LogP contribution is -2.44. The van der Waals surface area contributed by atoms with E-state index in [2.05, 4.69) is 0 Å². The summed E-state index contributed by atoms with van der Waals surface area (Å²) in [5.74, 6) is -24.6. The van der Waals surface area contributed by atoms with Gasteiger partial charge in [-0.1, -0.05) is 0 Å². The molecule has 2 N–H and O–H groups in total. The summed E-state index contributed by atoms with van der Waals surface area (Å²) in [6.07, 6.45) is 2.15. The Morgan fingerprint density at radius 3 is 1.30 bits per heavy atom. The van der Waals surface area contributed by atoms with Gasteiger partial charge in [0.25, 0.3) is 0 Å². The lowest BCUT2D eigenvalue weighted by Gasteiger charge is -2.32. The molecule has 0 unspecified atom stereocenters. The molecule has 2 aromatic rings. The number of carboxylic acid groups (broad SMARTS) is 2. The molecule has 0 saturated carbocycles. The molecule has 3 rings (SSSR count). The second kappa shape index (κ2) is 14.6. The van der Waals surface area contributed by atoms with Crippen LogP contribution in [0, 0.1) is 58.2 Å². The SMILES string of the molecule is O=C(O)CN1/C=C\N(Cc2c(F)c(F)c(F)c(F)c2F)CCN(CC(=O)O)CCN(Cc2c(F)c(F)c(F)c(F)c2F)CC1. The summed E-state index contributed by atoms with van der Waals surface area (Å²) < 4.78 is 140. The number of nitrogens with zero attached hydrogens (tertiary/aromatic N) is 4. The van der Waals surface area contributed by atoms with E-state index in [0.29, 0.717) is 0 Å². The fourth-order valence-corrected chi connectivity index (χ4v) is 4.33. The Bertz CT molecular complexity index is 1390. The molecule has 0 spiro atoms. The molecule has 44 heavy (non-hydrogen) atoms. The minimum Gasteiger partial charge on any atom is -0.480 e. The standard InChI is InChI=1S/C26H24F10N4O4/c27-17-13(18(28)22(32)25(35)21(17)31)9-37-1-5-39(11-15(41)42)7-3-38(4-8-40(6-2-37)12-16(43)44)10-14-19(29)23(33)26(36)24(34)20(14)30/h1,5H,2-4,6-12H2,(H,41,42)(H,43,44)/b5-1-. The van der Waals surface area contributed by atoms with Gasteiger partial charge in [0.2, 0.25) is 11.6 Å². The first-order chi connectivity index (χ1) is 20.6. The first kappa shape index (κ1) is 34.4. The van der Waals surface area contributed by atoms with Crippen molar-refractivity contribution in [2.24, 2.45) is 0 Å². The summed E-state index contributed by atoms with van der Waals surface area (Å²) in [4.78, 5) is 27.5. The van der Waals surface area contributed by atoms with Crippen molar-refractivity contribution in [3.63, 3.8) is 0 Å². The molecule has 1 aliphatic rings. The summed E-state index contributed by atoms with van der Waals surface area (Å²) in [5, 5.41) is 18.6. The van der Waals surface area contributed by atoms with Crippen LogP contribution in [0.15, 0.2) is 12.4 Å². The number of rotatable bonds is 8. The summed E-state index contributed by atoms with van der Waals surface area (Å²) in [6.45, 7) is -4.64. The monoisotopic (exact) mass is 646 g/mol. The van der Waals surface area contributed by atoms with Crippen LogP contribution in [0.3, 0.4) is 0 Å². The number of hydrogen-bond donors (Lipinski definition) is 2. The van der Waals surface area contributed by atoms with E-state index in [0.717, 1.165) is 22.2 Å². The first-order valence-corrected chi connectivity index (χ1v) is 12.7. The molecule has 8 nitrogen and oxygen atoms in total. The maximum absolute atomic E-state index is 14.4. The number of carbonyl (C=O) groups is 2. The third-order valence-corrected chi connectivity index (χ3v) is 6.67. The summed E-state index contributed by atoms with van der Waals surface area (Å²) in [6, 6.07) is 0. The van der Waals surface area contributed by atoms with Crippen LogP contribution in [0.25, 0.3) is 0 Å². The zero-order chi connectivity index (χ0) is 32.9. The third-order valence-electron chi connectivity index (χ3n) is 6.67.